The molecule has 0 radical (unpaired) electrons. The summed E-state index contributed by atoms with van der Waals surface area (Å²) in [4.78, 5) is 21.3. The molecule has 3 N–H and O–H groups in total. The predicted molar refractivity (Wildman–Crippen MR) is 89.8 cm³/mol. The molecule has 0 unspecified atom stereocenters. The SMILES string of the molecule is Nc1nc(N2CCCCCC2)nc(NCc2ccco2)c1[N+](=O)[O-]. The van der Waals surface area contributed by atoms with E-state index in [0.717, 1.165) is 25.9 Å². The molecule has 1 aliphatic heterocycles. The molecule has 3 rings (SSSR count). The summed E-state index contributed by atoms with van der Waals surface area (Å²) < 4.78 is 5.23. The highest BCUT2D eigenvalue weighted by Crippen LogP contribution is 2.31. The minimum absolute atomic E-state index is 0.114. The fraction of sp³-hybridized carbons (Fsp3) is 0.467. The summed E-state index contributed by atoms with van der Waals surface area (Å²) in [7, 11) is 0. The number of nitrogen functional groups attached to an aromatic ring is 1. The highest BCUT2D eigenvalue weighted by Gasteiger charge is 2.25. The van der Waals surface area contributed by atoms with Crippen LogP contribution in [-0.2, 0) is 6.54 Å². The highest BCUT2D eigenvalue weighted by atomic mass is 16.6. The van der Waals surface area contributed by atoms with Gasteiger partial charge in [-0.2, -0.15) is 9.97 Å². The second-order valence-electron chi connectivity index (χ2n) is 5.70. The smallest absolute Gasteiger partial charge is 0.353 e. The Balaban J connectivity index is 1.89. The van der Waals surface area contributed by atoms with Gasteiger partial charge in [0.2, 0.25) is 17.6 Å². The van der Waals surface area contributed by atoms with Crippen molar-refractivity contribution in [3.8, 4) is 0 Å². The lowest BCUT2D eigenvalue weighted by Gasteiger charge is -2.21. The van der Waals surface area contributed by atoms with Crippen molar-refractivity contribution in [2.24, 2.45) is 0 Å². The lowest BCUT2D eigenvalue weighted by Crippen LogP contribution is -2.27. The van der Waals surface area contributed by atoms with Crippen molar-refractivity contribution in [2.75, 3.05) is 29.0 Å². The zero-order valence-corrected chi connectivity index (χ0v) is 13.3. The quantitative estimate of drug-likeness (QED) is 0.632. The normalized spacial score (nSPS) is 15.1. The fourth-order valence-electron chi connectivity index (χ4n) is 2.76. The number of furan rings is 1. The molecule has 9 nitrogen and oxygen atoms in total. The molecule has 0 bridgehead atoms. The van der Waals surface area contributed by atoms with Crippen LogP contribution < -0.4 is 16.0 Å². The number of hydrogen-bond donors (Lipinski definition) is 2. The van der Waals surface area contributed by atoms with Crippen LogP contribution in [0.2, 0.25) is 0 Å². The third-order valence-electron chi connectivity index (χ3n) is 3.98. The van der Waals surface area contributed by atoms with Crippen LogP contribution in [-0.4, -0.2) is 28.0 Å². The number of nitro groups is 1. The van der Waals surface area contributed by atoms with Gasteiger partial charge in [0.15, 0.2) is 0 Å². The molecule has 0 spiro atoms. The maximum atomic E-state index is 11.3. The van der Waals surface area contributed by atoms with Crippen molar-refractivity contribution in [1.29, 1.82) is 0 Å². The first-order valence-electron chi connectivity index (χ1n) is 7.98. The van der Waals surface area contributed by atoms with E-state index >= 15 is 0 Å². The Labute approximate surface area is 139 Å². The molecular weight excluding hydrogens is 312 g/mol. The van der Waals surface area contributed by atoms with Crippen molar-refractivity contribution in [3.63, 3.8) is 0 Å². The van der Waals surface area contributed by atoms with Crippen LogP contribution in [0.25, 0.3) is 0 Å². The number of aromatic nitrogens is 2. The molecule has 3 heterocycles. The van der Waals surface area contributed by atoms with Crippen molar-refractivity contribution in [2.45, 2.75) is 32.2 Å². The number of nitrogens with two attached hydrogens (primary N) is 1. The van der Waals surface area contributed by atoms with E-state index in [1.807, 2.05) is 4.90 Å². The molecule has 0 aromatic carbocycles. The van der Waals surface area contributed by atoms with Gasteiger partial charge in [0.25, 0.3) is 0 Å². The van der Waals surface area contributed by atoms with Crippen molar-refractivity contribution < 1.29 is 9.34 Å². The van der Waals surface area contributed by atoms with Gasteiger partial charge in [-0.3, -0.25) is 10.1 Å². The summed E-state index contributed by atoms with van der Waals surface area (Å²) in [6, 6.07) is 3.53. The van der Waals surface area contributed by atoms with Crippen LogP contribution in [0.15, 0.2) is 22.8 Å². The molecule has 0 saturated carbocycles. The summed E-state index contributed by atoms with van der Waals surface area (Å²) in [6.07, 6.45) is 5.98. The molecule has 2 aromatic heterocycles. The minimum Gasteiger partial charge on any atom is -0.467 e. The Morgan fingerprint density at radius 3 is 2.67 bits per heavy atom. The molecule has 24 heavy (non-hydrogen) atoms. The van der Waals surface area contributed by atoms with Crippen molar-refractivity contribution in [1.82, 2.24) is 9.97 Å². The van der Waals surface area contributed by atoms with E-state index in [2.05, 4.69) is 15.3 Å². The monoisotopic (exact) mass is 332 g/mol. The maximum absolute atomic E-state index is 11.3. The van der Waals surface area contributed by atoms with Gasteiger partial charge < -0.3 is 20.4 Å². The zero-order chi connectivity index (χ0) is 16.9. The highest BCUT2D eigenvalue weighted by molar-refractivity contribution is 5.70. The van der Waals surface area contributed by atoms with E-state index in [1.165, 1.54) is 12.8 Å². The van der Waals surface area contributed by atoms with Gasteiger partial charge in [-0.1, -0.05) is 12.8 Å². The number of hydrogen-bond acceptors (Lipinski definition) is 8. The minimum atomic E-state index is -0.563. The fourth-order valence-corrected chi connectivity index (χ4v) is 2.76. The topological polar surface area (TPSA) is 123 Å². The molecule has 0 atom stereocenters. The second kappa shape index (κ2) is 7.16. The van der Waals surface area contributed by atoms with E-state index in [0.29, 0.717) is 11.7 Å². The van der Waals surface area contributed by atoms with Gasteiger partial charge in [-0.15, -0.1) is 0 Å². The standard InChI is InChI=1S/C15H20N6O3/c16-13-12(21(22)23)14(17-10-11-6-5-9-24-11)19-15(18-13)20-7-3-1-2-4-8-20/h5-6,9H,1-4,7-8,10H2,(H3,16,17,18,19). The lowest BCUT2D eigenvalue weighted by molar-refractivity contribution is -0.383. The maximum Gasteiger partial charge on any atom is 0.353 e. The second-order valence-corrected chi connectivity index (χ2v) is 5.70. The number of nitrogens with one attached hydrogen (secondary N) is 1. The third-order valence-corrected chi connectivity index (χ3v) is 3.98. The van der Waals surface area contributed by atoms with Crippen LogP contribution in [0.5, 0.6) is 0 Å². The molecule has 0 amide bonds. The summed E-state index contributed by atoms with van der Waals surface area (Å²) in [5.74, 6) is 1.07. The predicted octanol–water partition coefficient (Wildman–Crippen LogP) is 2.55. The van der Waals surface area contributed by atoms with Gasteiger partial charge in [0.05, 0.1) is 17.7 Å². The Morgan fingerprint density at radius 2 is 2.04 bits per heavy atom. The number of nitrogens with zero attached hydrogens (tertiary/aromatic N) is 4. The van der Waals surface area contributed by atoms with Gasteiger partial charge in [0, 0.05) is 13.1 Å². The number of anilines is 3. The molecular formula is C15H20N6O3. The molecule has 9 heteroatoms. The van der Waals surface area contributed by atoms with E-state index in [4.69, 9.17) is 10.2 Å². The zero-order valence-electron chi connectivity index (χ0n) is 13.3. The Hall–Kier alpha value is -2.84. The van der Waals surface area contributed by atoms with Crippen LogP contribution in [0.4, 0.5) is 23.3 Å². The summed E-state index contributed by atoms with van der Waals surface area (Å²) in [5, 5.41) is 14.3. The summed E-state index contributed by atoms with van der Waals surface area (Å²) in [6.45, 7) is 1.94. The molecule has 2 aromatic rings. The molecule has 1 saturated heterocycles. The first-order valence-corrected chi connectivity index (χ1v) is 7.98. The Morgan fingerprint density at radius 1 is 1.29 bits per heavy atom. The Bertz CT molecular complexity index is 695. The largest absolute Gasteiger partial charge is 0.467 e. The first kappa shape index (κ1) is 16.0. The lowest BCUT2D eigenvalue weighted by atomic mass is 10.2. The first-order chi connectivity index (χ1) is 11.6. The summed E-state index contributed by atoms with van der Waals surface area (Å²) >= 11 is 0. The van der Waals surface area contributed by atoms with E-state index in [9.17, 15) is 10.1 Å². The van der Waals surface area contributed by atoms with Crippen LogP contribution in [0.3, 0.4) is 0 Å². The molecule has 0 aliphatic carbocycles. The molecule has 128 valence electrons. The van der Waals surface area contributed by atoms with E-state index in [1.54, 1.807) is 18.4 Å². The van der Waals surface area contributed by atoms with Gasteiger partial charge in [-0.25, -0.2) is 0 Å². The van der Waals surface area contributed by atoms with Crippen LogP contribution in [0.1, 0.15) is 31.4 Å². The van der Waals surface area contributed by atoms with Crippen LogP contribution >= 0.6 is 0 Å². The van der Waals surface area contributed by atoms with E-state index < -0.39 is 4.92 Å². The molecule has 1 aliphatic rings. The average Bonchev–Trinajstić information content (AvgIpc) is 2.92. The van der Waals surface area contributed by atoms with Gasteiger partial charge >= 0.3 is 5.69 Å². The molecule has 1 fully saturated rings. The van der Waals surface area contributed by atoms with Crippen LogP contribution in [0, 0.1) is 10.1 Å². The van der Waals surface area contributed by atoms with E-state index in [-0.39, 0.29) is 23.9 Å². The van der Waals surface area contributed by atoms with Gasteiger partial charge in [0.1, 0.15) is 5.76 Å². The number of rotatable bonds is 5. The average molecular weight is 332 g/mol. The van der Waals surface area contributed by atoms with Gasteiger partial charge in [-0.05, 0) is 25.0 Å². The van der Waals surface area contributed by atoms with Crippen molar-refractivity contribution >= 4 is 23.3 Å². The summed E-state index contributed by atoms with van der Waals surface area (Å²) in [5.41, 5.74) is 5.53. The van der Waals surface area contributed by atoms with Crippen molar-refractivity contribution in [3.05, 3.63) is 34.3 Å². The third kappa shape index (κ3) is 3.55. The Kier molecular flexibility index (Phi) is 4.78.